The molecule has 0 spiro atoms. The van der Waals surface area contributed by atoms with E-state index in [0.29, 0.717) is 0 Å². The van der Waals surface area contributed by atoms with Crippen LogP contribution in [-0.4, -0.2) is 44.1 Å². The van der Waals surface area contributed by atoms with Crippen LogP contribution >= 0.6 is 0 Å². The number of likely N-dealkylation sites (tertiary alicyclic amines) is 1. The highest BCUT2D eigenvalue weighted by Gasteiger charge is 2.34. The summed E-state index contributed by atoms with van der Waals surface area (Å²) >= 11 is 0. The lowest BCUT2D eigenvalue weighted by molar-refractivity contribution is -0.134. The van der Waals surface area contributed by atoms with E-state index in [1.807, 2.05) is 11.0 Å². The first kappa shape index (κ1) is 13.7. The number of carbonyl (C=O) groups excluding carboxylic acids is 1. The van der Waals surface area contributed by atoms with Gasteiger partial charge in [0.05, 0.1) is 0 Å². The smallest absolute Gasteiger partial charge is 0.244 e. The van der Waals surface area contributed by atoms with Gasteiger partial charge in [0.15, 0.2) is 0 Å². The molecule has 0 saturated carbocycles. The quantitative estimate of drug-likeness (QED) is 0.851. The number of piperidine rings is 1. The lowest BCUT2D eigenvalue weighted by atomic mass is 9.76. The lowest BCUT2D eigenvalue weighted by Crippen LogP contribution is -2.48. The van der Waals surface area contributed by atoms with Gasteiger partial charge >= 0.3 is 0 Å². The number of nitrogens with zero attached hydrogens (tertiary/aromatic N) is 5. The second-order valence-corrected chi connectivity index (χ2v) is 5.85. The Kier molecular flexibility index (Phi) is 3.68. The molecule has 0 aliphatic carbocycles. The monoisotopic (exact) mass is 285 g/mol. The second kappa shape index (κ2) is 5.63. The molecule has 0 unspecified atom stereocenters. The van der Waals surface area contributed by atoms with E-state index in [4.69, 9.17) is 0 Å². The Morgan fingerprint density at radius 3 is 2.86 bits per heavy atom. The molecule has 0 N–H and O–H groups in total. The van der Waals surface area contributed by atoms with Crippen LogP contribution in [0, 0.1) is 0 Å². The van der Waals surface area contributed by atoms with Crippen molar-refractivity contribution in [2.75, 3.05) is 13.1 Å². The van der Waals surface area contributed by atoms with Gasteiger partial charge in [-0.25, -0.2) is 4.68 Å². The summed E-state index contributed by atoms with van der Waals surface area (Å²) in [6.45, 7) is 4.00. The SMILES string of the molecule is C[C@@]1(c2ccccc2)CCCN(C(=O)Cn2cnnn2)C1. The molecule has 6 heteroatoms. The highest BCUT2D eigenvalue weighted by molar-refractivity contribution is 5.76. The maximum atomic E-state index is 12.4. The normalized spacial score (nSPS) is 22.2. The van der Waals surface area contributed by atoms with E-state index in [9.17, 15) is 4.79 Å². The largest absolute Gasteiger partial charge is 0.340 e. The van der Waals surface area contributed by atoms with Gasteiger partial charge in [-0.2, -0.15) is 0 Å². The molecular formula is C15H19N5O. The first-order valence-corrected chi connectivity index (χ1v) is 7.21. The van der Waals surface area contributed by atoms with E-state index in [1.165, 1.54) is 16.6 Å². The zero-order valence-electron chi connectivity index (χ0n) is 12.1. The van der Waals surface area contributed by atoms with Crippen LogP contribution in [0.3, 0.4) is 0 Å². The average molecular weight is 285 g/mol. The zero-order valence-corrected chi connectivity index (χ0v) is 12.1. The molecule has 1 aliphatic heterocycles. The predicted octanol–water partition coefficient (Wildman–Crippen LogP) is 1.25. The minimum atomic E-state index is 0.0236. The fourth-order valence-corrected chi connectivity index (χ4v) is 3.02. The van der Waals surface area contributed by atoms with Crippen molar-refractivity contribution in [1.29, 1.82) is 0 Å². The molecule has 6 nitrogen and oxygen atoms in total. The molecule has 1 saturated heterocycles. The molecule has 110 valence electrons. The molecule has 0 bridgehead atoms. The van der Waals surface area contributed by atoms with Crippen LogP contribution < -0.4 is 0 Å². The molecule has 1 aliphatic rings. The van der Waals surface area contributed by atoms with E-state index in [2.05, 4.69) is 46.7 Å². The summed E-state index contributed by atoms with van der Waals surface area (Å²) in [5.74, 6) is 0.0733. The summed E-state index contributed by atoms with van der Waals surface area (Å²) in [5.41, 5.74) is 1.32. The van der Waals surface area contributed by atoms with Crippen LogP contribution in [0.4, 0.5) is 0 Å². The summed E-state index contributed by atoms with van der Waals surface area (Å²) in [7, 11) is 0. The molecule has 1 amide bonds. The molecular weight excluding hydrogens is 266 g/mol. The number of benzene rings is 1. The number of aromatic nitrogens is 4. The first-order chi connectivity index (χ1) is 10.2. The molecule has 3 rings (SSSR count). The molecule has 21 heavy (non-hydrogen) atoms. The average Bonchev–Trinajstić information content (AvgIpc) is 3.01. The molecule has 2 heterocycles. The maximum Gasteiger partial charge on any atom is 0.244 e. The minimum Gasteiger partial charge on any atom is -0.340 e. The Balaban J connectivity index is 1.72. The van der Waals surface area contributed by atoms with E-state index in [0.717, 1.165) is 25.9 Å². The van der Waals surface area contributed by atoms with Crippen LogP contribution in [0.1, 0.15) is 25.3 Å². The van der Waals surface area contributed by atoms with Crippen LogP contribution in [0.2, 0.25) is 0 Å². The van der Waals surface area contributed by atoms with Gasteiger partial charge in [0.1, 0.15) is 12.9 Å². The molecule has 1 aromatic carbocycles. The van der Waals surface area contributed by atoms with E-state index in [1.54, 1.807) is 0 Å². The van der Waals surface area contributed by atoms with Crippen molar-refractivity contribution in [2.45, 2.75) is 31.7 Å². The van der Waals surface area contributed by atoms with E-state index >= 15 is 0 Å². The molecule has 2 aromatic rings. The summed E-state index contributed by atoms with van der Waals surface area (Å²) < 4.78 is 1.47. The van der Waals surface area contributed by atoms with Gasteiger partial charge in [-0.1, -0.05) is 37.3 Å². The highest BCUT2D eigenvalue weighted by atomic mass is 16.2. The number of hydrogen-bond acceptors (Lipinski definition) is 4. The number of tetrazole rings is 1. The third-order valence-electron chi connectivity index (χ3n) is 4.21. The van der Waals surface area contributed by atoms with Gasteiger partial charge in [0.2, 0.25) is 5.91 Å². The minimum absolute atomic E-state index is 0.0236. The van der Waals surface area contributed by atoms with Gasteiger partial charge in [-0.15, -0.1) is 5.10 Å². The Bertz CT molecular complexity index is 598. The lowest BCUT2D eigenvalue weighted by Gasteiger charge is -2.41. The second-order valence-electron chi connectivity index (χ2n) is 5.85. The Morgan fingerprint density at radius 2 is 2.14 bits per heavy atom. The summed E-state index contributed by atoms with van der Waals surface area (Å²) in [6, 6.07) is 10.4. The van der Waals surface area contributed by atoms with Crippen molar-refractivity contribution in [3.8, 4) is 0 Å². The van der Waals surface area contributed by atoms with Gasteiger partial charge in [0.25, 0.3) is 0 Å². The van der Waals surface area contributed by atoms with Gasteiger partial charge in [-0.3, -0.25) is 4.79 Å². The maximum absolute atomic E-state index is 12.4. The fourth-order valence-electron chi connectivity index (χ4n) is 3.02. The van der Waals surface area contributed by atoms with Gasteiger partial charge < -0.3 is 4.90 Å². The van der Waals surface area contributed by atoms with Crippen molar-refractivity contribution >= 4 is 5.91 Å². The zero-order chi connectivity index (χ0) is 14.7. The summed E-state index contributed by atoms with van der Waals surface area (Å²) in [4.78, 5) is 14.3. The van der Waals surface area contributed by atoms with Crippen molar-refractivity contribution < 1.29 is 4.79 Å². The number of rotatable bonds is 3. The van der Waals surface area contributed by atoms with Crippen molar-refractivity contribution in [3.63, 3.8) is 0 Å². The van der Waals surface area contributed by atoms with Crippen LogP contribution in [0.15, 0.2) is 36.7 Å². The first-order valence-electron chi connectivity index (χ1n) is 7.21. The number of carbonyl (C=O) groups is 1. The van der Waals surface area contributed by atoms with Gasteiger partial charge in [0, 0.05) is 18.5 Å². The Hall–Kier alpha value is -2.24. The molecule has 1 aromatic heterocycles. The Labute approximate surface area is 123 Å². The number of amides is 1. The molecule has 1 atom stereocenters. The topological polar surface area (TPSA) is 63.9 Å². The molecule has 0 radical (unpaired) electrons. The van der Waals surface area contributed by atoms with Crippen LogP contribution in [-0.2, 0) is 16.8 Å². The summed E-state index contributed by atoms with van der Waals surface area (Å²) in [5, 5.41) is 10.9. The third-order valence-corrected chi connectivity index (χ3v) is 4.21. The van der Waals surface area contributed by atoms with E-state index in [-0.39, 0.29) is 17.9 Å². The standard InChI is InChI=1S/C15H19N5O/c1-15(13-6-3-2-4-7-13)8-5-9-19(11-15)14(21)10-20-12-16-17-18-20/h2-4,6-7,12H,5,8-11H2,1H3/t15-/m1/s1. The van der Waals surface area contributed by atoms with Crippen molar-refractivity contribution in [2.24, 2.45) is 0 Å². The molecule has 1 fully saturated rings. The fraction of sp³-hybridized carbons (Fsp3) is 0.467. The highest BCUT2D eigenvalue weighted by Crippen LogP contribution is 2.33. The Morgan fingerprint density at radius 1 is 1.33 bits per heavy atom. The van der Waals surface area contributed by atoms with Crippen molar-refractivity contribution in [3.05, 3.63) is 42.2 Å². The van der Waals surface area contributed by atoms with Crippen molar-refractivity contribution in [1.82, 2.24) is 25.1 Å². The number of hydrogen-bond donors (Lipinski definition) is 0. The van der Waals surface area contributed by atoms with Crippen LogP contribution in [0.25, 0.3) is 0 Å². The van der Waals surface area contributed by atoms with Crippen LogP contribution in [0.5, 0.6) is 0 Å². The van der Waals surface area contributed by atoms with Gasteiger partial charge in [-0.05, 0) is 28.8 Å². The predicted molar refractivity (Wildman–Crippen MR) is 77.4 cm³/mol. The third kappa shape index (κ3) is 2.94. The summed E-state index contributed by atoms with van der Waals surface area (Å²) in [6.07, 6.45) is 3.59. The van der Waals surface area contributed by atoms with E-state index < -0.39 is 0 Å².